The first kappa shape index (κ1) is 14.5. The molecule has 1 atom stereocenters. The van der Waals surface area contributed by atoms with Crippen molar-refractivity contribution in [2.24, 2.45) is 0 Å². The van der Waals surface area contributed by atoms with E-state index >= 15 is 0 Å². The van der Waals surface area contributed by atoms with E-state index in [9.17, 15) is 4.79 Å². The Hall–Kier alpha value is -0.920. The van der Waals surface area contributed by atoms with Gasteiger partial charge in [-0.3, -0.25) is 4.79 Å². The molecule has 1 unspecified atom stereocenters. The second kappa shape index (κ2) is 7.02. The van der Waals surface area contributed by atoms with Gasteiger partial charge in [-0.25, -0.2) is 0 Å². The van der Waals surface area contributed by atoms with E-state index in [0.29, 0.717) is 12.5 Å². The number of hydrogen-bond donors (Lipinski definition) is 1. The van der Waals surface area contributed by atoms with Gasteiger partial charge in [-0.05, 0) is 43.7 Å². The average molecular weight is 278 g/mol. The summed E-state index contributed by atoms with van der Waals surface area (Å²) in [6.45, 7) is 4.93. The van der Waals surface area contributed by atoms with Crippen LogP contribution in [0.2, 0.25) is 0 Å². The third-order valence-corrected chi connectivity index (χ3v) is 4.13. The Balaban J connectivity index is 1.97. The van der Waals surface area contributed by atoms with E-state index in [1.54, 1.807) is 0 Å². The minimum absolute atomic E-state index is 0.255. The molecule has 1 aliphatic rings. The predicted octanol–water partition coefficient (Wildman–Crippen LogP) is 1.33. The third kappa shape index (κ3) is 4.02. The molecular weight excluding hydrogens is 255 g/mol. The minimum atomic E-state index is 0.255. The maximum absolute atomic E-state index is 12.4. The number of amides is 1. The Morgan fingerprint density at radius 2 is 1.95 bits per heavy atom. The van der Waals surface area contributed by atoms with Crippen LogP contribution in [0.3, 0.4) is 0 Å². The molecule has 1 aliphatic heterocycles. The van der Waals surface area contributed by atoms with Crippen molar-refractivity contribution >= 4 is 20.5 Å². The highest BCUT2D eigenvalue weighted by molar-refractivity contribution is 7.27. The lowest BCUT2D eigenvalue weighted by molar-refractivity contribution is -0.133. The van der Waals surface area contributed by atoms with Gasteiger partial charge in [0.05, 0.1) is 6.42 Å². The topological polar surface area (TPSA) is 32.3 Å². The third-order valence-electron chi connectivity index (χ3n) is 3.75. The molecule has 19 heavy (non-hydrogen) atoms. The van der Waals surface area contributed by atoms with Gasteiger partial charge in [0.1, 0.15) is 0 Å². The van der Waals surface area contributed by atoms with E-state index in [0.717, 1.165) is 43.3 Å². The Morgan fingerprint density at radius 3 is 2.53 bits per heavy atom. The molecule has 104 valence electrons. The van der Waals surface area contributed by atoms with Crippen LogP contribution in [0.15, 0.2) is 24.3 Å². The molecule has 0 radical (unpaired) electrons. The number of likely N-dealkylation sites (N-methyl/N-ethyl adjacent to an activating group) is 1. The molecule has 1 fully saturated rings. The second-order valence-electron chi connectivity index (χ2n) is 5.08. The van der Waals surface area contributed by atoms with Crippen molar-refractivity contribution in [2.45, 2.75) is 32.2 Å². The fraction of sp³-hybridized carbons (Fsp3) is 0.533. The normalized spacial score (nSPS) is 16.3. The molecule has 1 N–H and O–H groups in total. The summed E-state index contributed by atoms with van der Waals surface area (Å²) in [5, 5.41) is 4.50. The lowest BCUT2D eigenvalue weighted by atomic mass is 10.0. The fourth-order valence-corrected chi connectivity index (χ4v) is 2.86. The van der Waals surface area contributed by atoms with E-state index in [1.807, 2.05) is 24.3 Å². The summed E-state index contributed by atoms with van der Waals surface area (Å²) in [7, 11) is 2.67. The van der Waals surface area contributed by atoms with Crippen LogP contribution in [0.25, 0.3) is 0 Å². The second-order valence-corrected chi connectivity index (χ2v) is 5.75. The highest BCUT2D eigenvalue weighted by Crippen LogP contribution is 2.13. The Labute approximate surface area is 118 Å². The van der Waals surface area contributed by atoms with E-state index in [4.69, 9.17) is 0 Å². The first-order valence-corrected chi connectivity index (χ1v) is 7.63. The van der Waals surface area contributed by atoms with Gasteiger partial charge in [-0.2, -0.15) is 0 Å². The summed E-state index contributed by atoms with van der Waals surface area (Å²) in [4.78, 5) is 14.5. The van der Waals surface area contributed by atoms with Gasteiger partial charge in [-0.1, -0.05) is 24.3 Å². The zero-order chi connectivity index (χ0) is 13.7. The van der Waals surface area contributed by atoms with E-state index < -0.39 is 0 Å². The molecule has 4 heteroatoms. The molecule has 1 amide bonds. The molecule has 0 aliphatic carbocycles. The van der Waals surface area contributed by atoms with E-state index in [-0.39, 0.29) is 5.91 Å². The molecule has 1 saturated heterocycles. The molecule has 0 bridgehead atoms. The molecule has 1 aromatic rings. The van der Waals surface area contributed by atoms with Crippen molar-refractivity contribution in [1.82, 2.24) is 10.2 Å². The number of nitrogens with one attached hydrogen (secondary N) is 1. The maximum Gasteiger partial charge on any atom is 0.227 e. The standard InChI is InChI=1S/C15H23N2OP/c1-2-17(13-7-9-16-10-8-13)15(18)11-12-3-5-14(19)6-4-12/h3-6,13,16H,2,7-11,19H2,1H3. The smallest absolute Gasteiger partial charge is 0.227 e. The summed E-state index contributed by atoms with van der Waals surface area (Å²) >= 11 is 0. The lowest BCUT2D eigenvalue weighted by Gasteiger charge is -2.34. The highest BCUT2D eigenvalue weighted by atomic mass is 31.0. The van der Waals surface area contributed by atoms with Crippen molar-refractivity contribution < 1.29 is 4.79 Å². The molecule has 0 saturated carbocycles. The van der Waals surface area contributed by atoms with Crippen LogP contribution in [0.1, 0.15) is 25.3 Å². The van der Waals surface area contributed by atoms with Crippen molar-refractivity contribution in [2.75, 3.05) is 19.6 Å². The first-order chi connectivity index (χ1) is 9.20. The number of carbonyl (C=O) groups excluding carboxylic acids is 1. The van der Waals surface area contributed by atoms with Crippen LogP contribution in [0.5, 0.6) is 0 Å². The largest absolute Gasteiger partial charge is 0.340 e. The summed E-state index contributed by atoms with van der Waals surface area (Å²) in [6.07, 6.45) is 2.66. The molecule has 0 spiro atoms. The number of nitrogens with zero attached hydrogens (tertiary/aromatic N) is 1. The number of piperidine rings is 1. The Kier molecular flexibility index (Phi) is 5.35. The first-order valence-electron chi connectivity index (χ1n) is 7.05. The van der Waals surface area contributed by atoms with Gasteiger partial charge in [0, 0.05) is 12.6 Å². The fourth-order valence-electron chi connectivity index (χ4n) is 2.67. The van der Waals surface area contributed by atoms with Gasteiger partial charge in [-0.15, -0.1) is 9.24 Å². The van der Waals surface area contributed by atoms with Crippen LogP contribution in [-0.2, 0) is 11.2 Å². The molecule has 3 nitrogen and oxygen atoms in total. The molecule has 1 aromatic carbocycles. The quantitative estimate of drug-likeness (QED) is 0.843. The number of benzene rings is 1. The van der Waals surface area contributed by atoms with Gasteiger partial charge in [0.2, 0.25) is 5.91 Å². The van der Waals surface area contributed by atoms with Crippen molar-refractivity contribution in [3.8, 4) is 0 Å². The number of carbonyl (C=O) groups is 1. The van der Waals surface area contributed by atoms with Crippen molar-refractivity contribution in [1.29, 1.82) is 0 Å². The highest BCUT2D eigenvalue weighted by Gasteiger charge is 2.23. The van der Waals surface area contributed by atoms with E-state index in [2.05, 4.69) is 26.4 Å². The summed E-state index contributed by atoms with van der Waals surface area (Å²) < 4.78 is 0. The Bertz CT molecular complexity index is 413. The zero-order valence-corrected chi connectivity index (χ0v) is 12.7. The molecule has 1 heterocycles. The predicted molar refractivity (Wildman–Crippen MR) is 82.8 cm³/mol. The molecule has 0 aromatic heterocycles. The van der Waals surface area contributed by atoms with Crippen molar-refractivity contribution in [3.63, 3.8) is 0 Å². The monoisotopic (exact) mass is 278 g/mol. The van der Waals surface area contributed by atoms with Crippen LogP contribution >= 0.6 is 9.24 Å². The van der Waals surface area contributed by atoms with Gasteiger partial charge in [0.25, 0.3) is 0 Å². The summed E-state index contributed by atoms with van der Waals surface area (Å²) in [6, 6.07) is 8.56. The lowest BCUT2D eigenvalue weighted by Crippen LogP contribution is -2.46. The van der Waals surface area contributed by atoms with E-state index in [1.165, 1.54) is 0 Å². The average Bonchev–Trinajstić information content (AvgIpc) is 2.43. The number of rotatable bonds is 4. The minimum Gasteiger partial charge on any atom is -0.340 e. The Morgan fingerprint density at radius 1 is 1.32 bits per heavy atom. The van der Waals surface area contributed by atoms with Gasteiger partial charge in [0.15, 0.2) is 0 Å². The van der Waals surface area contributed by atoms with Gasteiger partial charge >= 0.3 is 0 Å². The number of hydrogen-bond acceptors (Lipinski definition) is 2. The van der Waals surface area contributed by atoms with Crippen LogP contribution in [0, 0.1) is 0 Å². The molecule has 2 rings (SSSR count). The van der Waals surface area contributed by atoms with Crippen LogP contribution in [-0.4, -0.2) is 36.5 Å². The summed E-state index contributed by atoms with van der Waals surface area (Å²) in [5.41, 5.74) is 1.10. The zero-order valence-electron chi connectivity index (χ0n) is 11.6. The van der Waals surface area contributed by atoms with Crippen LogP contribution < -0.4 is 10.6 Å². The van der Waals surface area contributed by atoms with Crippen molar-refractivity contribution in [3.05, 3.63) is 29.8 Å². The maximum atomic E-state index is 12.4. The van der Waals surface area contributed by atoms with Crippen LogP contribution in [0.4, 0.5) is 0 Å². The summed E-state index contributed by atoms with van der Waals surface area (Å²) in [5.74, 6) is 0.255. The molecular formula is C15H23N2OP. The SMILES string of the molecule is CCN(C(=O)Cc1ccc(P)cc1)C1CCNCC1. The van der Waals surface area contributed by atoms with Gasteiger partial charge < -0.3 is 10.2 Å².